The molecule has 0 aliphatic heterocycles. The van der Waals surface area contributed by atoms with Gasteiger partial charge in [-0.2, -0.15) is 0 Å². The van der Waals surface area contributed by atoms with Gasteiger partial charge in [0, 0.05) is 13.8 Å². The van der Waals surface area contributed by atoms with Gasteiger partial charge in [-0.05, 0) is 30.5 Å². The zero-order chi connectivity index (χ0) is 15.3. The van der Waals surface area contributed by atoms with E-state index < -0.39 is 5.79 Å². The van der Waals surface area contributed by atoms with Gasteiger partial charge in [-0.1, -0.05) is 44.1 Å². The SMILES string of the molecule is C=Cc1ccc(C(=O)OC(C)(C)OC2CCCCC2)cc1. The van der Waals surface area contributed by atoms with E-state index in [0.717, 1.165) is 18.4 Å². The molecule has 0 saturated heterocycles. The highest BCUT2D eigenvalue weighted by molar-refractivity contribution is 5.89. The summed E-state index contributed by atoms with van der Waals surface area (Å²) in [5.74, 6) is -1.25. The highest BCUT2D eigenvalue weighted by Gasteiger charge is 2.29. The largest absolute Gasteiger partial charge is 0.430 e. The van der Waals surface area contributed by atoms with Gasteiger partial charge in [-0.3, -0.25) is 0 Å². The number of ether oxygens (including phenoxy) is 2. The van der Waals surface area contributed by atoms with Gasteiger partial charge in [-0.25, -0.2) is 4.79 Å². The summed E-state index contributed by atoms with van der Waals surface area (Å²) in [6, 6.07) is 7.18. The molecule has 1 aromatic rings. The Morgan fingerprint density at radius 1 is 1.19 bits per heavy atom. The maximum absolute atomic E-state index is 12.2. The number of esters is 1. The number of benzene rings is 1. The minimum absolute atomic E-state index is 0.199. The lowest BCUT2D eigenvalue weighted by Gasteiger charge is -2.32. The molecule has 1 saturated carbocycles. The van der Waals surface area contributed by atoms with E-state index in [0.29, 0.717) is 5.56 Å². The third kappa shape index (κ3) is 4.71. The Balaban J connectivity index is 1.94. The van der Waals surface area contributed by atoms with Crippen molar-refractivity contribution in [2.24, 2.45) is 0 Å². The third-order valence-corrected chi connectivity index (χ3v) is 3.72. The lowest BCUT2D eigenvalue weighted by atomic mass is 9.97. The van der Waals surface area contributed by atoms with Crippen molar-refractivity contribution in [1.82, 2.24) is 0 Å². The van der Waals surface area contributed by atoms with Gasteiger partial charge >= 0.3 is 5.97 Å². The first-order valence-corrected chi connectivity index (χ1v) is 7.64. The summed E-state index contributed by atoms with van der Waals surface area (Å²) in [5, 5.41) is 0. The predicted octanol–water partition coefficient (Wildman–Crippen LogP) is 4.57. The number of hydrogen-bond donors (Lipinski definition) is 0. The van der Waals surface area contributed by atoms with Gasteiger partial charge in [0.15, 0.2) is 0 Å². The second-order valence-electron chi connectivity index (χ2n) is 5.99. The number of carbonyl (C=O) groups is 1. The molecular weight excluding hydrogens is 264 g/mol. The number of hydrogen-bond acceptors (Lipinski definition) is 3. The molecule has 0 unspecified atom stereocenters. The fraction of sp³-hybridized carbons (Fsp3) is 0.500. The molecular formula is C18H24O3. The molecule has 0 amide bonds. The minimum Gasteiger partial charge on any atom is -0.430 e. The molecule has 3 heteroatoms. The van der Waals surface area contributed by atoms with Crippen LogP contribution in [0, 0.1) is 0 Å². The molecule has 0 aromatic heterocycles. The van der Waals surface area contributed by atoms with Crippen LogP contribution in [0.5, 0.6) is 0 Å². The number of carbonyl (C=O) groups excluding carboxylic acids is 1. The Morgan fingerprint density at radius 2 is 1.81 bits per heavy atom. The van der Waals surface area contributed by atoms with E-state index >= 15 is 0 Å². The van der Waals surface area contributed by atoms with Gasteiger partial charge in [0.2, 0.25) is 5.79 Å². The van der Waals surface area contributed by atoms with Gasteiger partial charge in [0.1, 0.15) is 0 Å². The van der Waals surface area contributed by atoms with Crippen LogP contribution in [-0.2, 0) is 9.47 Å². The van der Waals surface area contributed by atoms with E-state index in [2.05, 4.69) is 6.58 Å². The summed E-state index contributed by atoms with van der Waals surface area (Å²) in [4.78, 5) is 12.2. The fourth-order valence-corrected chi connectivity index (χ4v) is 2.65. The highest BCUT2D eigenvalue weighted by atomic mass is 16.7. The van der Waals surface area contributed by atoms with E-state index in [1.165, 1.54) is 19.3 Å². The second kappa shape index (κ2) is 6.90. The second-order valence-corrected chi connectivity index (χ2v) is 5.99. The van der Waals surface area contributed by atoms with Crippen molar-refractivity contribution >= 4 is 12.0 Å². The van der Waals surface area contributed by atoms with Crippen LogP contribution in [0.4, 0.5) is 0 Å². The summed E-state index contributed by atoms with van der Waals surface area (Å²) < 4.78 is 11.5. The van der Waals surface area contributed by atoms with Gasteiger partial charge in [-0.15, -0.1) is 0 Å². The minimum atomic E-state index is -0.893. The zero-order valence-electron chi connectivity index (χ0n) is 12.9. The normalized spacial score (nSPS) is 16.5. The van der Waals surface area contributed by atoms with Crippen LogP contribution < -0.4 is 0 Å². The summed E-state index contributed by atoms with van der Waals surface area (Å²) in [6.45, 7) is 7.30. The maximum atomic E-state index is 12.2. The standard InChI is InChI=1S/C18H24O3/c1-4-14-10-12-15(13-11-14)17(19)21-18(2,3)20-16-8-6-5-7-9-16/h4,10-13,16H,1,5-9H2,2-3H3. The Morgan fingerprint density at radius 3 is 2.38 bits per heavy atom. The quantitative estimate of drug-likeness (QED) is 0.588. The van der Waals surface area contributed by atoms with E-state index in [-0.39, 0.29) is 12.1 Å². The van der Waals surface area contributed by atoms with E-state index in [4.69, 9.17) is 9.47 Å². The van der Waals surface area contributed by atoms with Crippen molar-refractivity contribution in [3.63, 3.8) is 0 Å². The topological polar surface area (TPSA) is 35.5 Å². The Labute approximate surface area is 127 Å². The van der Waals surface area contributed by atoms with Crippen molar-refractivity contribution in [2.45, 2.75) is 57.8 Å². The van der Waals surface area contributed by atoms with Crippen LogP contribution in [0.25, 0.3) is 6.08 Å². The highest BCUT2D eigenvalue weighted by Crippen LogP contribution is 2.26. The Kier molecular flexibility index (Phi) is 5.18. The average molecular weight is 288 g/mol. The van der Waals surface area contributed by atoms with Gasteiger partial charge in [0.25, 0.3) is 0 Å². The van der Waals surface area contributed by atoms with Crippen molar-refractivity contribution in [3.8, 4) is 0 Å². The molecule has 2 rings (SSSR count). The lowest BCUT2D eigenvalue weighted by Crippen LogP contribution is -2.36. The molecule has 1 fully saturated rings. The molecule has 0 N–H and O–H groups in total. The molecule has 0 radical (unpaired) electrons. The van der Waals surface area contributed by atoms with Gasteiger partial charge < -0.3 is 9.47 Å². The van der Waals surface area contributed by atoms with Crippen molar-refractivity contribution < 1.29 is 14.3 Å². The van der Waals surface area contributed by atoms with Crippen LogP contribution >= 0.6 is 0 Å². The molecule has 21 heavy (non-hydrogen) atoms. The molecule has 3 nitrogen and oxygen atoms in total. The Bertz CT molecular complexity index is 482. The van der Waals surface area contributed by atoms with E-state index in [1.54, 1.807) is 32.1 Å². The monoisotopic (exact) mass is 288 g/mol. The molecule has 1 aromatic carbocycles. The van der Waals surface area contributed by atoms with Crippen LogP contribution in [0.15, 0.2) is 30.8 Å². The van der Waals surface area contributed by atoms with Crippen molar-refractivity contribution in [3.05, 3.63) is 42.0 Å². The van der Waals surface area contributed by atoms with Crippen LogP contribution in [0.3, 0.4) is 0 Å². The molecule has 0 bridgehead atoms. The van der Waals surface area contributed by atoms with Gasteiger partial charge in [0.05, 0.1) is 11.7 Å². The van der Waals surface area contributed by atoms with E-state index in [9.17, 15) is 4.79 Å². The number of rotatable bonds is 5. The third-order valence-electron chi connectivity index (χ3n) is 3.72. The van der Waals surface area contributed by atoms with Crippen LogP contribution in [-0.4, -0.2) is 17.9 Å². The van der Waals surface area contributed by atoms with Crippen LogP contribution in [0.2, 0.25) is 0 Å². The lowest BCUT2D eigenvalue weighted by molar-refractivity contribution is -0.211. The fourth-order valence-electron chi connectivity index (χ4n) is 2.65. The maximum Gasteiger partial charge on any atom is 0.340 e. The van der Waals surface area contributed by atoms with E-state index in [1.807, 2.05) is 12.1 Å². The summed E-state index contributed by atoms with van der Waals surface area (Å²) in [7, 11) is 0. The molecule has 0 heterocycles. The first-order chi connectivity index (χ1) is 10.00. The molecule has 1 aliphatic rings. The average Bonchev–Trinajstić information content (AvgIpc) is 2.47. The summed E-state index contributed by atoms with van der Waals surface area (Å²) in [6.07, 6.45) is 7.70. The zero-order valence-corrected chi connectivity index (χ0v) is 12.9. The molecule has 1 aliphatic carbocycles. The van der Waals surface area contributed by atoms with Crippen LogP contribution in [0.1, 0.15) is 61.9 Å². The molecule has 0 atom stereocenters. The first-order valence-electron chi connectivity index (χ1n) is 7.64. The van der Waals surface area contributed by atoms with Crippen molar-refractivity contribution in [1.29, 1.82) is 0 Å². The predicted molar refractivity (Wildman–Crippen MR) is 84.0 cm³/mol. The Hall–Kier alpha value is -1.61. The summed E-state index contributed by atoms with van der Waals surface area (Å²) >= 11 is 0. The molecule has 0 spiro atoms. The molecule has 114 valence electrons. The first kappa shape index (κ1) is 15.8. The van der Waals surface area contributed by atoms with Crippen molar-refractivity contribution in [2.75, 3.05) is 0 Å². The summed E-state index contributed by atoms with van der Waals surface area (Å²) in [5.41, 5.74) is 1.50. The smallest absolute Gasteiger partial charge is 0.340 e.